The van der Waals surface area contributed by atoms with Crippen LogP contribution in [0.25, 0.3) is 0 Å². The maximum absolute atomic E-state index is 11.7. The Labute approximate surface area is 102 Å². The molecule has 0 aliphatic heterocycles. The number of hydrogen-bond acceptors (Lipinski definition) is 2. The molecule has 2 heteroatoms. The second-order valence-electron chi connectivity index (χ2n) is 4.37. The Morgan fingerprint density at radius 1 is 1.35 bits per heavy atom. The summed E-state index contributed by atoms with van der Waals surface area (Å²) in [5.74, 6) is 0.700. The fourth-order valence-electron chi connectivity index (χ4n) is 2.25. The van der Waals surface area contributed by atoms with E-state index in [-0.39, 0.29) is 5.78 Å². The molecule has 0 heterocycles. The lowest BCUT2D eigenvalue weighted by Gasteiger charge is -2.23. The molecule has 1 saturated carbocycles. The molecule has 2 rings (SSSR count). The van der Waals surface area contributed by atoms with E-state index in [9.17, 15) is 4.79 Å². The van der Waals surface area contributed by atoms with Gasteiger partial charge < -0.3 is 4.74 Å². The van der Waals surface area contributed by atoms with Crippen LogP contribution >= 0.6 is 0 Å². The molecule has 0 spiro atoms. The van der Waals surface area contributed by atoms with Gasteiger partial charge in [0.25, 0.3) is 0 Å². The number of allylic oxidation sites excluding steroid dienone is 1. The number of hydrogen-bond donors (Lipinski definition) is 0. The van der Waals surface area contributed by atoms with Gasteiger partial charge in [0.15, 0.2) is 5.78 Å². The van der Waals surface area contributed by atoms with E-state index in [1.54, 1.807) is 6.26 Å². The van der Waals surface area contributed by atoms with Crippen LogP contribution in [0.2, 0.25) is 0 Å². The van der Waals surface area contributed by atoms with Gasteiger partial charge in [-0.15, -0.1) is 0 Å². The first kappa shape index (κ1) is 11.9. The van der Waals surface area contributed by atoms with E-state index in [1.807, 2.05) is 13.0 Å². The molecule has 0 saturated heterocycles. The zero-order valence-corrected chi connectivity index (χ0v) is 10.2. The summed E-state index contributed by atoms with van der Waals surface area (Å²) in [6.07, 6.45) is 4.05. The summed E-state index contributed by atoms with van der Waals surface area (Å²) in [7, 11) is 0. The van der Waals surface area contributed by atoms with E-state index in [0.29, 0.717) is 18.9 Å². The quantitative estimate of drug-likeness (QED) is 0.587. The molecule has 0 radical (unpaired) electrons. The highest BCUT2D eigenvalue weighted by molar-refractivity contribution is 5.96. The maximum Gasteiger partial charge on any atom is 0.161 e. The lowest BCUT2D eigenvalue weighted by molar-refractivity contribution is -0.116. The van der Waals surface area contributed by atoms with Gasteiger partial charge in [-0.25, -0.2) is 0 Å². The Morgan fingerprint density at radius 2 is 2.12 bits per heavy atom. The van der Waals surface area contributed by atoms with Crippen LogP contribution in [0.3, 0.4) is 0 Å². The summed E-state index contributed by atoms with van der Waals surface area (Å²) in [5.41, 5.74) is 2.16. The molecule has 90 valence electrons. The third-order valence-electron chi connectivity index (χ3n) is 3.21. The van der Waals surface area contributed by atoms with Gasteiger partial charge in [-0.3, -0.25) is 4.79 Å². The van der Waals surface area contributed by atoms with Gasteiger partial charge in [0.1, 0.15) is 0 Å². The predicted molar refractivity (Wildman–Crippen MR) is 67.8 cm³/mol. The molecule has 1 aliphatic rings. The number of Topliss-reactive ketones (excluding diaryl/α,β-unsaturated/α-hetero) is 1. The van der Waals surface area contributed by atoms with Crippen LogP contribution in [0, 0.1) is 0 Å². The Morgan fingerprint density at radius 3 is 2.82 bits per heavy atom. The molecular weight excluding hydrogens is 212 g/mol. The van der Waals surface area contributed by atoms with Crippen LogP contribution in [0.4, 0.5) is 0 Å². The second-order valence-corrected chi connectivity index (χ2v) is 4.37. The van der Waals surface area contributed by atoms with E-state index in [1.165, 1.54) is 5.56 Å². The minimum absolute atomic E-state index is 0.241. The molecule has 0 amide bonds. The average molecular weight is 230 g/mol. The minimum Gasteiger partial charge on any atom is -0.501 e. The van der Waals surface area contributed by atoms with Crippen molar-refractivity contribution in [1.29, 1.82) is 0 Å². The van der Waals surface area contributed by atoms with E-state index in [2.05, 4.69) is 24.3 Å². The molecule has 1 atom stereocenters. The molecular formula is C15H18O2. The summed E-state index contributed by atoms with van der Waals surface area (Å²) in [6, 6.07) is 10.4. The van der Waals surface area contributed by atoms with Crippen molar-refractivity contribution in [1.82, 2.24) is 0 Å². The van der Waals surface area contributed by atoms with Crippen molar-refractivity contribution in [3.05, 3.63) is 47.7 Å². The number of ether oxygens (including phenoxy) is 1. The molecule has 1 aromatic rings. The summed E-state index contributed by atoms with van der Waals surface area (Å²) >= 11 is 0. The number of benzene rings is 1. The summed E-state index contributed by atoms with van der Waals surface area (Å²) in [5, 5.41) is 0. The summed E-state index contributed by atoms with van der Waals surface area (Å²) in [6.45, 7) is 2.55. The van der Waals surface area contributed by atoms with Crippen LogP contribution in [-0.4, -0.2) is 12.4 Å². The van der Waals surface area contributed by atoms with Crippen molar-refractivity contribution in [3.8, 4) is 0 Å². The largest absolute Gasteiger partial charge is 0.501 e. The Kier molecular flexibility index (Phi) is 3.97. The van der Waals surface area contributed by atoms with Crippen molar-refractivity contribution in [2.45, 2.75) is 32.1 Å². The fraction of sp³-hybridized carbons (Fsp3) is 0.400. The van der Waals surface area contributed by atoms with Crippen molar-refractivity contribution in [2.75, 3.05) is 6.61 Å². The molecule has 17 heavy (non-hydrogen) atoms. The predicted octanol–water partition coefficient (Wildman–Crippen LogP) is 3.44. The topological polar surface area (TPSA) is 26.3 Å². The van der Waals surface area contributed by atoms with Gasteiger partial charge in [0.2, 0.25) is 0 Å². The third-order valence-corrected chi connectivity index (χ3v) is 3.21. The monoisotopic (exact) mass is 230 g/mol. The van der Waals surface area contributed by atoms with Crippen LogP contribution < -0.4 is 0 Å². The normalized spacial score (nSPS) is 22.8. The highest BCUT2D eigenvalue weighted by atomic mass is 16.5. The molecule has 1 fully saturated rings. The Balaban J connectivity index is 2.10. The van der Waals surface area contributed by atoms with Gasteiger partial charge >= 0.3 is 0 Å². The molecule has 1 aliphatic carbocycles. The van der Waals surface area contributed by atoms with Crippen molar-refractivity contribution >= 4 is 5.78 Å². The van der Waals surface area contributed by atoms with Crippen LogP contribution in [-0.2, 0) is 9.53 Å². The van der Waals surface area contributed by atoms with Crippen LogP contribution in [0.5, 0.6) is 0 Å². The third kappa shape index (κ3) is 2.96. The highest BCUT2D eigenvalue weighted by Gasteiger charge is 2.24. The minimum atomic E-state index is 0.241. The lowest BCUT2D eigenvalue weighted by atomic mass is 9.81. The van der Waals surface area contributed by atoms with Gasteiger partial charge in [-0.05, 0) is 31.2 Å². The zero-order chi connectivity index (χ0) is 12.1. The zero-order valence-electron chi connectivity index (χ0n) is 10.2. The SMILES string of the molecule is CCOC=C1CC(c2ccccc2)CCC1=O. The lowest BCUT2D eigenvalue weighted by Crippen LogP contribution is -2.16. The fourth-order valence-corrected chi connectivity index (χ4v) is 2.25. The van der Waals surface area contributed by atoms with E-state index < -0.39 is 0 Å². The smallest absolute Gasteiger partial charge is 0.161 e. The summed E-state index contributed by atoms with van der Waals surface area (Å²) in [4.78, 5) is 11.7. The van der Waals surface area contributed by atoms with Gasteiger partial charge in [-0.2, -0.15) is 0 Å². The van der Waals surface area contributed by atoms with Crippen molar-refractivity contribution in [2.24, 2.45) is 0 Å². The number of carbonyl (C=O) groups is 1. The first-order chi connectivity index (χ1) is 8.31. The first-order valence-corrected chi connectivity index (χ1v) is 6.20. The van der Waals surface area contributed by atoms with Gasteiger partial charge in [0, 0.05) is 12.0 Å². The van der Waals surface area contributed by atoms with E-state index in [0.717, 1.165) is 18.4 Å². The molecule has 0 bridgehead atoms. The number of ketones is 1. The van der Waals surface area contributed by atoms with Crippen molar-refractivity contribution in [3.63, 3.8) is 0 Å². The van der Waals surface area contributed by atoms with Crippen LogP contribution in [0.1, 0.15) is 37.7 Å². The molecule has 0 aromatic heterocycles. The summed E-state index contributed by atoms with van der Waals surface area (Å²) < 4.78 is 5.24. The molecule has 0 N–H and O–H groups in total. The Hall–Kier alpha value is -1.57. The van der Waals surface area contributed by atoms with Crippen LogP contribution in [0.15, 0.2) is 42.2 Å². The average Bonchev–Trinajstić information content (AvgIpc) is 2.39. The molecule has 2 nitrogen and oxygen atoms in total. The second kappa shape index (κ2) is 5.67. The van der Waals surface area contributed by atoms with Crippen molar-refractivity contribution < 1.29 is 9.53 Å². The van der Waals surface area contributed by atoms with E-state index in [4.69, 9.17) is 4.74 Å². The highest BCUT2D eigenvalue weighted by Crippen LogP contribution is 2.33. The first-order valence-electron chi connectivity index (χ1n) is 6.20. The molecule has 1 unspecified atom stereocenters. The number of rotatable bonds is 3. The van der Waals surface area contributed by atoms with Gasteiger partial charge in [0.05, 0.1) is 12.9 Å². The molecule has 1 aromatic carbocycles. The maximum atomic E-state index is 11.7. The van der Waals surface area contributed by atoms with E-state index >= 15 is 0 Å². The number of carbonyl (C=O) groups excluding carboxylic acids is 1. The standard InChI is InChI=1S/C15H18O2/c1-2-17-11-14-10-13(8-9-15(14)16)12-6-4-3-5-7-12/h3-7,11,13H,2,8-10H2,1H3. The van der Waals surface area contributed by atoms with Gasteiger partial charge in [-0.1, -0.05) is 30.3 Å². The Bertz CT molecular complexity index is 406.